The minimum Gasteiger partial charge on any atom is -0.508 e. The van der Waals surface area contributed by atoms with Gasteiger partial charge in [0.25, 0.3) is 0 Å². The van der Waals surface area contributed by atoms with Crippen LogP contribution in [0.5, 0.6) is 5.75 Å². The van der Waals surface area contributed by atoms with Crippen LogP contribution in [-0.2, 0) is 0 Å². The number of aromatic carboxylic acids is 1. The first kappa shape index (κ1) is 12.8. The topological polar surface area (TPSA) is 74.6 Å². The third-order valence-electron chi connectivity index (χ3n) is 2.85. The highest BCUT2D eigenvalue weighted by atomic mass is 16.4. The maximum absolute atomic E-state index is 12.2. The lowest BCUT2D eigenvalue weighted by atomic mass is 10.0. The first-order valence-corrected chi connectivity index (χ1v) is 5.66. The number of carbonyl (C=O) groups excluding carboxylic acids is 1. The fourth-order valence-corrected chi connectivity index (χ4v) is 1.73. The van der Waals surface area contributed by atoms with Crippen LogP contribution in [0.15, 0.2) is 42.5 Å². The highest BCUT2D eigenvalue weighted by molar-refractivity contribution is 6.09. The van der Waals surface area contributed by atoms with Crippen LogP contribution < -0.4 is 0 Å². The van der Waals surface area contributed by atoms with Crippen molar-refractivity contribution in [1.29, 1.82) is 0 Å². The van der Waals surface area contributed by atoms with Crippen LogP contribution in [0.3, 0.4) is 0 Å². The van der Waals surface area contributed by atoms with Crippen molar-refractivity contribution in [2.45, 2.75) is 6.92 Å². The Hall–Kier alpha value is -2.62. The maximum Gasteiger partial charge on any atom is 0.335 e. The molecule has 0 saturated carbocycles. The Balaban J connectivity index is 2.33. The van der Waals surface area contributed by atoms with E-state index >= 15 is 0 Å². The fourth-order valence-electron chi connectivity index (χ4n) is 1.73. The quantitative estimate of drug-likeness (QED) is 0.828. The van der Waals surface area contributed by atoms with Gasteiger partial charge in [0.05, 0.1) is 5.56 Å². The molecule has 0 aliphatic rings. The van der Waals surface area contributed by atoms with Gasteiger partial charge in [0.2, 0.25) is 0 Å². The molecule has 2 aromatic carbocycles. The lowest BCUT2D eigenvalue weighted by Gasteiger charge is -2.04. The Kier molecular flexibility index (Phi) is 3.33. The van der Waals surface area contributed by atoms with Gasteiger partial charge in [-0.2, -0.15) is 0 Å². The highest BCUT2D eigenvalue weighted by Gasteiger charge is 2.11. The number of carboxylic acid groups (broad SMARTS) is 1. The van der Waals surface area contributed by atoms with Gasteiger partial charge in [-0.3, -0.25) is 4.79 Å². The molecule has 0 unspecified atom stereocenters. The number of rotatable bonds is 3. The normalized spacial score (nSPS) is 10.2. The number of phenolic OH excluding ortho intramolecular Hbond substituents is 1. The molecule has 0 heterocycles. The van der Waals surface area contributed by atoms with Gasteiger partial charge in [-0.05, 0) is 42.8 Å². The largest absolute Gasteiger partial charge is 0.508 e. The van der Waals surface area contributed by atoms with E-state index in [1.807, 2.05) is 0 Å². The number of carbonyl (C=O) groups is 2. The minimum absolute atomic E-state index is 0.137. The van der Waals surface area contributed by atoms with Gasteiger partial charge in [0, 0.05) is 11.1 Å². The number of ketones is 1. The van der Waals surface area contributed by atoms with E-state index in [1.165, 1.54) is 36.4 Å². The molecular formula is C15H12O4. The van der Waals surface area contributed by atoms with E-state index in [0.717, 1.165) is 0 Å². The Morgan fingerprint density at radius 3 is 1.95 bits per heavy atom. The van der Waals surface area contributed by atoms with Crippen LogP contribution in [-0.4, -0.2) is 22.0 Å². The van der Waals surface area contributed by atoms with Crippen molar-refractivity contribution in [3.8, 4) is 5.75 Å². The van der Waals surface area contributed by atoms with Crippen LogP contribution in [0, 0.1) is 6.92 Å². The molecule has 4 nitrogen and oxygen atoms in total. The van der Waals surface area contributed by atoms with E-state index in [9.17, 15) is 14.7 Å². The summed E-state index contributed by atoms with van der Waals surface area (Å²) in [4.78, 5) is 22.9. The molecule has 0 spiro atoms. The molecule has 4 heteroatoms. The molecule has 2 rings (SSSR count). The average Bonchev–Trinajstić information content (AvgIpc) is 2.41. The third kappa shape index (κ3) is 2.63. The summed E-state index contributed by atoms with van der Waals surface area (Å²) in [5, 5.41) is 18.2. The lowest BCUT2D eigenvalue weighted by Crippen LogP contribution is -2.03. The monoisotopic (exact) mass is 256 g/mol. The van der Waals surface area contributed by atoms with Gasteiger partial charge in [0.1, 0.15) is 5.75 Å². The van der Waals surface area contributed by atoms with E-state index in [-0.39, 0.29) is 17.1 Å². The predicted octanol–water partition coefficient (Wildman–Crippen LogP) is 2.63. The highest BCUT2D eigenvalue weighted by Crippen LogP contribution is 2.19. The van der Waals surface area contributed by atoms with Crippen molar-refractivity contribution in [2.24, 2.45) is 0 Å². The van der Waals surface area contributed by atoms with Gasteiger partial charge in [-0.1, -0.05) is 12.1 Å². The number of hydrogen-bond acceptors (Lipinski definition) is 3. The number of hydrogen-bond donors (Lipinski definition) is 2. The SMILES string of the molecule is Cc1cc(C(=O)c2ccc(C(=O)O)cc2)ccc1O. The second kappa shape index (κ2) is 4.94. The predicted molar refractivity (Wildman–Crippen MR) is 69.7 cm³/mol. The van der Waals surface area contributed by atoms with Crippen molar-refractivity contribution in [3.05, 3.63) is 64.7 Å². The fraction of sp³-hybridized carbons (Fsp3) is 0.0667. The van der Waals surface area contributed by atoms with Crippen LogP contribution >= 0.6 is 0 Å². The van der Waals surface area contributed by atoms with E-state index < -0.39 is 5.97 Å². The van der Waals surface area contributed by atoms with Crippen molar-refractivity contribution in [1.82, 2.24) is 0 Å². The molecule has 0 radical (unpaired) electrons. The zero-order valence-electron chi connectivity index (χ0n) is 10.3. The minimum atomic E-state index is -1.03. The number of aromatic hydroxyl groups is 1. The first-order valence-electron chi connectivity index (χ1n) is 5.66. The molecule has 2 aromatic rings. The molecule has 0 atom stereocenters. The smallest absolute Gasteiger partial charge is 0.335 e. The molecule has 0 saturated heterocycles. The Labute approximate surface area is 109 Å². The first-order chi connectivity index (χ1) is 8.99. The van der Waals surface area contributed by atoms with Gasteiger partial charge in [0.15, 0.2) is 5.78 Å². The van der Waals surface area contributed by atoms with Crippen LogP contribution in [0.1, 0.15) is 31.8 Å². The summed E-state index contributed by atoms with van der Waals surface area (Å²) >= 11 is 0. The molecule has 2 N–H and O–H groups in total. The molecule has 0 aromatic heterocycles. The molecular weight excluding hydrogens is 244 g/mol. The van der Waals surface area contributed by atoms with Crippen LogP contribution in [0.25, 0.3) is 0 Å². The van der Waals surface area contributed by atoms with Crippen molar-refractivity contribution < 1.29 is 19.8 Å². The number of phenols is 1. The van der Waals surface area contributed by atoms with Gasteiger partial charge >= 0.3 is 5.97 Å². The lowest BCUT2D eigenvalue weighted by molar-refractivity contribution is 0.0696. The number of aryl methyl sites for hydroxylation is 1. The van der Waals surface area contributed by atoms with E-state index in [1.54, 1.807) is 13.0 Å². The summed E-state index contributed by atoms with van der Waals surface area (Å²) in [5.41, 5.74) is 1.62. The zero-order chi connectivity index (χ0) is 14.0. The zero-order valence-corrected chi connectivity index (χ0v) is 10.3. The molecule has 0 aliphatic heterocycles. The number of carboxylic acids is 1. The average molecular weight is 256 g/mol. The Bertz CT molecular complexity index is 642. The van der Waals surface area contributed by atoms with Crippen LogP contribution in [0.4, 0.5) is 0 Å². The van der Waals surface area contributed by atoms with Gasteiger partial charge < -0.3 is 10.2 Å². The second-order valence-electron chi connectivity index (χ2n) is 4.21. The van der Waals surface area contributed by atoms with Crippen molar-refractivity contribution in [2.75, 3.05) is 0 Å². The second-order valence-corrected chi connectivity index (χ2v) is 4.21. The van der Waals surface area contributed by atoms with E-state index in [0.29, 0.717) is 16.7 Å². The molecule has 96 valence electrons. The van der Waals surface area contributed by atoms with Crippen molar-refractivity contribution in [3.63, 3.8) is 0 Å². The standard InChI is InChI=1S/C15H12O4/c1-9-8-12(6-7-13(9)16)14(17)10-2-4-11(5-3-10)15(18)19/h2-8,16H,1H3,(H,18,19). The molecule has 0 fully saturated rings. The summed E-state index contributed by atoms with van der Waals surface area (Å²) in [6.07, 6.45) is 0. The summed E-state index contributed by atoms with van der Waals surface area (Å²) in [7, 11) is 0. The van der Waals surface area contributed by atoms with Gasteiger partial charge in [-0.25, -0.2) is 4.79 Å². The Morgan fingerprint density at radius 2 is 1.42 bits per heavy atom. The van der Waals surface area contributed by atoms with Gasteiger partial charge in [-0.15, -0.1) is 0 Å². The molecule has 0 bridgehead atoms. The molecule has 0 amide bonds. The Morgan fingerprint density at radius 1 is 0.895 bits per heavy atom. The van der Waals surface area contributed by atoms with Crippen LogP contribution in [0.2, 0.25) is 0 Å². The van der Waals surface area contributed by atoms with Crippen molar-refractivity contribution >= 4 is 11.8 Å². The van der Waals surface area contributed by atoms with E-state index in [4.69, 9.17) is 5.11 Å². The molecule has 19 heavy (non-hydrogen) atoms. The van der Waals surface area contributed by atoms with E-state index in [2.05, 4.69) is 0 Å². The summed E-state index contributed by atoms with van der Waals surface area (Å²) < 4.78 is 0. The molecule has 0 aliphatic carbocycles. The number of benzene rings is 2. The maximum atomic E-state index is 12.2. The third-order valence-corrected chi connectivity index (χ3v) is 2.85. The summed E-state index contributed by atoms with van der Waals surface area (Å²) in [5.74, 6) is -1.10. The summed E-state index contributed by atoms with van der Waals surface area (Å²) in [6, 6.07) is 10.3. The summed E-state index contributed by atoms with van der Waals surface area (Å²) in [6.45, 7) is 1.71.